The molecular formula is C8H8ClN3O2. The van der Waals surface area contributed by atoms with Crippen LogP contribution < -0.4 is 5.73 Å². The normalized spacial score (nSPS) is 10.6. The quantitative estimate of drug-likeness (QED) is 0.788. The average Bonchev–Trinajstić information content (AvgIpc) is 2.10. The Hall–Kier alpha value is -1.62. The van der Waals surface area contributed by atoms with Crippen molar-refractivity contribution in [2.45, 2.75) is 6.42 Å². The van der Waals surface area contributed by atoms with Crippen LogP contribution in [0, 0.1) is 0 Å². The standard InChI is InChI=1S/C8H8ClN3O2/c9-6-4-5(8(10)12-11-6)2-1-3-7(13)14/h1-2,4H,3H2,(H2,10,12)(H,13,14). The topological polar surface area (TPSA) is 89.1 Å². The molecule has 1 rings (SSSR count). The van der Waals surface area contributed by atoms with Crippen LogP contribution in [0.1, 0.15) is 12.0 Å². The average molecular weight is 214 g/mol. The van der Waals surface area contributed by atoms with Gasteiger partial charge in [0.05, 0.1) is 6.42 Å². The van der Waals surface area contributed by atoms with E-state index in [1.165, 1.54) is 12.1 Å². The van der Waals surface area contributed by atoms with Gasteiger partial charge in [0.1, 0.15) is 0 Å². The lowest BCUT2D eigenvalue weighted by atomic mass is 10.2. The van der Waals surface area contributed by atoms with E-state index < -0.39 is 5.97 Å². The van der Waals surface area contributed by atoms with Crippen LogP contribution in [0.5, 0.6) is 0 Å². The number of carbonyl (C=O) groups is 1. The largest absolute Gasteiger partial charge is 0.481 e. The van der Waals surface area contributed by atoms with Crippen molar-refractivity contribution >= 4 is 29.5 Å². The Bertz CT molecular complexity index is 379. The number of nitrogens with two attached hydrogens (primary N) is 1. The smallest absolute Gasteiger partial charge is 0.307 e. The molecule has 14 heavy (non-hydrogen) atoms. The van der Waals surface area contributed by atoms with Crippen molar-refractivity contribution in [3.63, 3.8) is 0 Å². The number of carboxylic acid groups (broad SMARTS) is 1. The van der Waals surface area contributed by atoms with E-state index in [-0.39, 0.29) is 17.4 Å². The molecule has 0 spiro atoms. The van der Waals surface area contributed by atoms with Gasteiger partial charge in [0.2, 0.25) is 0 Å². The molecule has 0 radical (unpaired) electrons. The highest BCUT2D eigenvalue weighted by Crippen LogP contribution is 2.13. The van der Waals surface area contributed by atoms with Crippen LogP contribution in [0.3, 0.4) is 0 Å². The third-order valence-electron chi connectivity index (χ3n) is 1.41. The molecule has 0 aliphatic rings. The first-order valence-electron chi connectivity index (χ1n) is 3.76. The Balaban J connectivity index is 2.80. The number of carboxylic acids is 1. The van der Waals surface area contributed by atoms with Crippen LogP contribution in [0.4, 0.5) is 5.82 Å². The molecule has 0 unspecified atom stereocenters. The van der Waals surface area contributed by atoms with E-state index in [2.05, 4.69) is 10.2 Å². The summed E-state index contributed by atoms with van der Waals surface area (Å²) in [4.78, 5) is 10.2. The molecule has 5 nitrogen and oxygen atoms in total. The van der Waals surface area contributed by atoms with E-state index in [9.17, 15) is 4.79 Å². The number of halogens is 1. The third kappa shape index (κ3) is 3.02. The van der Waals surface area contributed by atoms with Crippen molar-refractivity contribution in [2.75, 3.05) is 5.73 Å². The summed E-state index contributed by atoms with van der Waals surface area (Å²) in [5.41, 5.74) is 6.04. The van der Waals surface area contributed by atoms with Crippen molar-refractivity contribution in [1.29, 1.82) is 0 Å². The molecule has 0 saturated carbocycles. The van der Waals surface area contributed by atoms with Gasteiger partial charge < -0.3 is 10.8 Å². The second kappa shape index (κ2) is 4.57. The van der Waals surface area contributed by atoms with Crippen LogP contribution in [-0.4, -0.2) is 21.3 Å². The second-order valence-corrected chi connectivity index (χ2v) is 2.90. The zero-order chi connectivity index (χ0) is 10.6. The van der Waals surface area contributed by atoms with Crippen LogP contribution in [0.15, 0.2) is 12.1 Å². The van der Waals surface area contributed by atoms with Crippen LogP contribution >= 0.6 is 11.6 Å². The maximum atomic E-state index is 10.2. The number of nitrogens with zero attached hydrogens (tertiary/aromatic N) is 2. The molecule has 0 amide bonds. The SMILES string of the molecule is Nc1nnc(Cl)cc1C=CCC(=O)O. The highest BCUT2D eigenvalue weighted by molar-refractivity contribution is 6.29. The van der Waals surface area contributed by atoms with Gasteiger partial charge >= 0.3 is 5.97 Å². The van der Waals surface area contributed by atoms with E-state index in [0.29, 0.717) is 5.56 Å². The minimum atomic E-state index is -0.909. The van der Waals surface area contributed by atoms with Crippen LogP contribution in [0.2, 0.25) is 5.15 Å². The Morgan fingerprint density at radius 2 is 2.36 bits per heavy atom. The molecule has 0 aliphatic heterocycles. The first-order valence-corrected chi connectivity index (χ1v) is 4.14. The molecule has 0 aliphatic carbocycles. The fourth-order valence-corrected chi connectivity index (χ4v) is 0.966. The zero-order valence-electron chi connectivity index (χ0n) is 7.14. The number of rotatable bonds is 3. The van der Waals surface area contributed by atoms with Crippen molar-refractivity contribution < 1.29 is 9.90 Å². The Labute approximate surface area is 85.2 Å². The Morgan fingerprint density at radius 1 is 1.64 bits per heavy atom. The first kappa shape index (κ1) is 10.5. The highest BCUT2D eigenvalue weighted by atomic mass is 35.5. The van der Waals surface area contributed by atoms with Crippen molar-refractivity contribution in [2.24, 2.45) is 0 Å². The minimum Gasteiger partial charge on any atom is -0.481 e. The van der Waals surface area contributed by atoms with Crippen molar-refractivity contribution in [1.82, 2.24) is 10.2 Å². The molecule has 0 aromatic carbocycles. The van der Waals surface area contributed by atoms with Crippen LogP contribution in [0.25, 0.3) is 6.08 Å². The summed E-state index contributed by atoms with van der Waals surface area (Å²) in [6.07, 6.45) is 2.94. The fourth-order valence-electron chi connectivity index (χ4n) is 0.811. The van der Waals surface area contributed by atoms with Gasteiger partial charge in [0, 0.05) is 5.56 Å². The van der Waals surface area contributed by atoms with Gasteiger partial charge in [-0.1, -0.05) is 23.8 Å². The summed E-state index contributed by atoms with van der Waals surface area (Å²) in [6.45, 7) is 0. The molecule has 1 aromatic heterocycles. The first-order chi connectivity index (χ1) is 6.59. The monoisotopic (exact) mass is 213 g/mol. The van der Waals surface area contributed by atoms with Crippen molar-refractivity contribution in [3.8, 4) is 0 Å². The summed E-state index contributed by atoms with van der Waals surface area (Å²) in [6, 6.07) is 1.52. The van der Waals surface area contributed by atoms with Gasteiger partial charge in [-0.05, 0) is 6.07 Å². The van der Waals surface area contributed by atoms with Crippen LogP contribution in [-0.2, 0) is 4.79 Å². The summed E-state index contributed by atoms with van der Waals surface area (Å²) in [5.74, 6) is -0.691. The third-order valence-corrected chi connectivity index (χ3v) is 1.60. The van der Waals surface area contributed by atoms with Gasteiger partial charge in [-0.2, -0.15) is 0 Å². The van der Waals surface area contributed by atoms with Gasteiger partial charge in [0.25, 0.3) is 0 Å². The van der Waals surface area contributed by atoms with E-state index in [1.807, 2.05) is 0 Å². The second-order valence-electron chi connectivity index (χ2n) is 2.51. The molecule has 1 heterocycles. The van der Waals surface area contributed by atoms with E-state index in [1.54, 1.807) is 6.08 Å². The number of aliphatic carboxylic acids is 1. The number of nitrogen functional groups attached to an aromatic ring is 1. The summed E-state index contributed by atoms with van der Waals surface area (Å²) < 4.78 is 0. The molecule has 6 heteroatoms. The zero-order valence-corrected chi connectivity index (χ0v) is 7.90. The number of anilines is 1. The lowest BCUT2D eigenvalue weighted by Crippen LogP contribution is -1.96. The molecule has 0 atom stereocenters. The number of hydrogen-bond acceptors (Lipinski definition) is 4. The Morgan fingerprint density at radius 3 is 3.00 bits per heavy atom. The van der Waals surface area contributed by atoms with Gasteiger partial charge in [-0.15, -0.1) is 10.2 Å². The lowest BCUT2D eigenvalue weighted by molar-refractivity contribution is -0.135. The van der Waals surface area contributed by atoms with Gasteiger partial charge in [-0.25, -0.2) is 0 Å². The van der Waals surface area contributed by atoms with Gasteiger partial charge in [-0.3, -0.25) is 4.79 Å². The van der Waals surface area contributed by atoms with E-state index in [0.717, 1.165) is 0 Å². The van der Waals surface area contributed by atoms with E-state index >= 15 is 0 Å². The maximum Gasteiger partial charge on any atom is 0.307 e. The molecule has 3 N–H and O–H groups in total. The molecular weight excluding hydrogens is 206 g/mol. The lowest BCUT2D eigenvalue weighted by Gasteiger charge is -1.97. The van der Waals surface area contributed by atoms with E-state index in [4.69, 9.17) is 22.4 Å². The number of hydrogen-bond donors (Lipinski definition) is 2. The summed E-state index contributed by atoms with van der Waals surface area (Å²) in [5, 5.41) is 15.7. The predicted molar refractivity (Wildman–Crippen MR) is 52.7 cm³/mol. The number of aromatic nitrogens is 2. The summed E-state index contributed by atoms with van der Waals surface area (Å²) >= 11 is 5.58. The fraction of sp³-hybridized carbons (Fsp3) is 0.125. The summed E-state index contributed by atoms with van der Waals surface area (Å²) in [7, 11) is 0. The molecule has 0 saturated heterocycles. The maximum absolute atomic E-state index is 10.2. The van der Waals surface area contributed by atoms with Crippen molar-refractivity contribution in [3.05, 3.63) is 22.9 Å². The highest BCUT2D eigenvalue weighted by Gasteiger charge is 1.99. The molecule has 74 valence electrons. The van der Waals surface area contributed by atoms with Gasteiger partial charge in [0.15, 0.2) is 11.0 Å². The Kier molecular flexibility index (Phi) is 3.41. The molecule has 0 fully saturated rings. The minimum absolute atomic E-state index is 0.0701. The predicted octanol–water partition coefficient (Wildman–Crippen LogP) is 1.20. The molecule has 1 aromatic rings. The molecule has 0 bridgehead atoms.